The molecule has 33 heavy (non-hydrogen) atoms. The van der Waals surface area contributed by atoms with Crippen LogP contribution in [-0.2, 0) is 31.2 Å². The van der Waals surface area contributed by atoms with E-state index in [2.05, 4.69) is 10.3 Å². The van der Waals surface area contributed by atoms with Crippen molar-refractivity contribution in [1.29, 1.82) is 0 Å². The van der Waals surface area contributed by atoms with E-state index in [9.17, 15) is 32.3 Å². The first-order valence-corrected chi connectivity index (χ1v) is 10.0. The fourth-order valence-corrected chi connectivity index (χ4v) is 3.26. The first-order chi connectivity index (χ1) is 15.6. The zero-order chi connectivity index (χ0) is 24.6. The van der Waals surface area contributed by atoms with Gasteiger partial charge in [0.15, 0.2) is 0 Å². The maximum atomic E-state index is 14.1. The Hall–Kier alpha value is -3.41. The number of aromatic nitrogens is 2. The number of ether oxygens (including phenoxy) is 2. The van der Waals surface area contributed by atoms with Crippen molar-refractivity contribution < 1.29 is 32.2 Å². The summed E-state index contributed by atoms with van der Waals surface area (Å²) in [5.41, 5.74) is -5.08. The van der Waals surface area contributed by atoms with Gasteiger partial charge in [0.05, 0.1) is 6.61 Å². The molecule has 1 aromatic heterocycles. The van der Waals surface area contributed by atoms with E-state index in [4.69, 9.17) is 9.47 Å². The fraction of sp³-hybridized carbons (Fsp3) is 0.429. The SMILES string of the molecule is CCOC(=O)C(CCCn1ccc(=O)[nH]c1=O)NC(=O)[C@@](OC)(c1ccccc1)C(F)(F)F. The number of carbonyl (C=O) groups is 2. The van der Waals surface area contributed by atoms with E-state index in [0.717, 1.165) is 29.9 Å². The first kappa shape index (κ1) is 25.8. The van der Waals surface area contributed by atoms with Gasteiger partial charge in [0.25, 0.3) is 17.1 Å². The maximum absolute atomic E-state index is 14.1. The lowest BCUT2D eigenvalue weighted by Crippen LogP contribution is -2.58. The second-order valence-electron chi connectivity index (χ2n) is 6.97. The molecule has 2 N–H and O–H groups in total. The molecule has 1 aromatic carbocycles. The number of alkyl halides is 3. The molecule has 180 valence electrons. The number of nitrogens with zero attached hydrogens (tertiary/aromatic N) is 1. The van der Waals surface area contributed by atoms with Crippen LogP contribution >= 0.6 is 0 Å². The number of esters is 1. The highest BCUT2D eigenvalue weighted by Gasteiger charge is 2.63. The molecule has 0 radical (unpaired) electrons. The summed E-state index contributed by atoms with van der Waals surface area (Å²) in [6.07, 6.45) is -3.93. The van der Waals surface area contributed by atoms with Gasteiger partial charge in [-0.2, -0.15) is 13.2 Å². The summed E-state index contributed by atoms with van der Waals surface area (Å²) in [6, 6.07) is 6.02. The Morgan fingerprint density at radius 1 is 1.15 bits per heavy atom. The van der Waals surface area contributed by atoms with Gasteiger partial charge in [0.1, 0.15) is 6.04 Å². The highest BCUT2D eigenvalue weighted by molar-refractivity contribution is 5.91. The van der Waals surface area contributed by atoms with Crippen molar-refractivity contribution >= 4 is 11.9 Å². The summed E-state index contributed by atoms with van der Waals surface area (Å²) >= 11 is 0. The Labute approximate surface area is 186 Å². The number of hydrogen-bond acceptors (Lipinski definition) is 6. The number of hydrogen-bond donors (Lipinski definition) is 2. The minimum absolute atomic E-state index is 0.0365. The number of H-pyrrole nitrogens is 1. The molecule has 0 aliphatic heterocycles. The van der Waals surface area contributed by atoms with Crippen LogP contribution in [0.5, 0.6) is 0 Å². The number of aryl methyl sites for hydroxylation is 1. The average Bonchev–Trinajstić information content (AvgIpc) is 2.75. The molecule has 1 amide bonds. The summed E-state index contributed by atoms with van der Waals surface area (Å²) in [6.45, 7) is 1.49. The van der Waals surface area contributed by atoms with Crippen LogP contribution in [0.3, 0.4) is 0 Å². The van der Waals surface area contributed by atoms with Gasteiger partial charge in [0, 0.05) is 31.5 Å². The molecule has 0 fully saturated rings. The van der Waals surface area contributed by atoms with Crippen molar-refractivity contribution in [2.45, 2.75) is 44.1 Å². The van der Waals surface area contributed by atoms with Crippen LogP contribution in [0.15, 0.2) is 52.2 Å². The number of methoxy groups -OCH3 is 1. The maximum Gasteiger partial charge on any atom is 0.430 e. The monoisotopic (exact) mass is 471 g/mol. The zero-order valence-electron chi connectivity index (χ0n) is 18.0. The van der Waals surface area contributed by atoms with Crippen molar-refractivity contribution in [2.75, 3.05) is 13.7 Å². The third-order valence-electron chi connectivity index (χ3n) is 4.87. The van der Waals surface area contributed by atoms with Gasteiger partial charge < -0.3 is 19.4 Å². The van der Waals surface area contributed by atoms with Crippen LogP contribution in [0.25, 0.3) is 0 Å². The molecule has 0 spiro atoms. The third kappa shape index (κ3) is 5.89. The van der Waals surface area contributed by atoms with Crippen molar-refractivity contribution in [1.82, 2.24) is 14.9 Å². The molecule has 0 aliphatic carbocycles. The normalized spacial score (nSPS) is 14.2. The predicted octanol–water partition coefficient (Wildman–Crippen LogP) is 1.47. The van der Waals surface area contributed by atoms with E-state index in [1.54, 1.807) is 0 Å². The van der Waals surface area contributed by atoms with Crippen LogP contribution in [0.2, 0.25) is 0 Å². The Kier molecular flexibility index (Phi) is 8.57. The van der Waals surface area contributed by atoms with Gasteiger partial charge in [-0.3, -0.25) is 14.6 Å². The standard InChI is InChI=1S/C21H24F3N3O6/c1-3-33-17(29)15(10-7-12-27-13-11-16(28)26-19(27)31)25-18(30)20(32-2,21(22,23)24)14-8-5-4-6-9-14/h4-6,8-9,11,13,15H,3,7,10,12H2,1-2H3,(H,25,30)(H,26,28,31)/t15?,20-/m0/s1. The van der Waals surface area contributed by atoms with Gasteiger partial charge in [0.2, 0.25) is 0 Å². The van der Waals surface area contributed by atoms with Crippen molar-refractivity contribution in [3.8, 4) is 0 Å². The smallest absolute Gasteiger partial charge is 0.430 e. The zero-order valence-corrected chi connectivity index (χ0v) is 18.0. The quantitative estimate of drug-likeness (QED) is 0.507. The predicted molar refractivity (Wildman–Crippen MR) is 110 cm³/mol. The summed E-state index contributed by atoms with van der Waals surface area (Å²) in [7, 11) is 0.752. The lowest BCUT2D eigenvalue weighted by atomic mass is 9.91. The minimum Gasteiger partial charge on any atom is -0.464 e. The third-order valence-corrected chi connectivity index (χ3v) is 4.87. The summed E-state index contributed by atoms with van der Waals surface area (Å²) < 4.78 is 53.1. The van der Waals surface area contributed by atoms with Crippen molar-refractivity contribution in [3.63, 3.8) is 0 Å². The topological polar surface area (TPSA) is 119 Å². The summed E-state index contributed by atoms with van der Waals surface area (Å²) in [4.78, 5) is 50.3. The van der Waals surface area contributed by atoms with E-state index in [1.807, 2.05) is 0 Å². The van der Waals surface area contributed by atoms with E-state index in [0.29, 0.717) is 0 Å². The number of rotatable bonds is 10. The molecule has 2 aromatic rings. The van der Waals surface area contributed by atoms with E-state index in [1.165, 1.54) is 31.3 Å². The number of aromatic amines is 1. The van der Waals surface area contributed by atoms with E-state index in [-0.39, 0.29) is 26.0 Å². The number of carbonyl (C=O) groups excluding carboxylic acids is 2. The summed E-state index contributed by atoms with van der Waals surface area (Å²) in [5, 5.41) is 2.10. The minimum atomic E-state index is -5.14. The second kappa shape index (κ2) is 10.9. The molecule has 1 unspecified atom stereocenters. The van der Waals surface area contributed by atoms with E-state index < -0.39 is 46.5 Å². The molecule has 0 aliphatic rings. The molecule has 2 rings (SSSR count). The fourth-order valence-electron chi connectivity index (χ4n) is 3.26. The molecule has 0 saturated heterocycles. The van der Waals surface area contributed by atoms with Gasteiger partial charge in [-0.15, -0.1) is 0 Å². The molecular formula is C21H24F3N3O6. The summed E-state index contributed by atoms with van der Waals surface area (Å²) in [5.74, 6) is -2.51. The van der Waals surface area contributed by atoms with E-state index >= 15 is 0 Å². The van der Waals surface area contributed by atoms with Crippen molar-refractivity contribution in [2.24, 2.45) is 0 Å². The van der Waals surface area contributed by atoms with Gasteiger partial charge in [-0.05, 0) is 19.8 Å². The number of halogens is 3. The highest BCUT2D eigenvalue weighted by atomic mass is 19.4. The molecule has 9 nitrogen and oxygen atoms in total. The second-order valence-corrected chi connectivity index (χ2v) is 6.97. The highest BCUT2D eigenvalue weighted by Crippen LogP contribution is 2.42. The molecule has 0 bridgehead atoms. The number of benzene rings is 1. The molecule has 12 heteroatoms. The Bertz CT molecular complexity index is 1070. The Morgan fingerprint density at radius 3 is 2.36 bits per heavy atom. The number of amides is 1. The van der Waals surface area contributed by atoms with Crippen LogP contribution in [0.1, 0.15) is 25.3 Å². The lowest BCUT2D eigenvalue weighted by molar-refractivity contribution is -0.266. The molecule has 1 heterocycles. The Balaban J connectivity index is 2.28. The van der Waals surface area contributed by atoms with Crippen LogP contribution in [0.4, 0.5) is 13.2 Å². The number of nitrogens with one attached hydrogen (secondary N) is 2. The van der Waals surface area contributed by atoms with Crippen LogP contribution < -0.4 is 16.6 Å². The molecular weight excluding hydrogens is 447 g/mol. The molecule has 2 atom stereocenters. The first-order valence-electron chi connectivity index (χ1n) is 10.0. The molecule has 0 saturated carbocycles. The average molecular weight is 471 g/mol. The largest absolute Gasteiger partial charge is 0.464 e. The van der Waals surface area contributed by atoms with Crippen LogP contribution in [0, 0.1) is 0 Å². The lowest BCUT2D eigenvalue weighted by Gasteiger charge is -2.34. The van der Waals surface area contributed by atoms with Crippen LogP contribution in [-0.4, -0.2) is 47.4 Å². The van der Waals surface area contributed by atoms with Crippen molar-refractivity contribution in [3.05, 3.63) is 69.0 Å². The Morgan fingerprint density at radius 2 is 1.82 bits per heavy atom. The van der Waals surface area contributed by atoms with Gasteiger partial charge in [-0.25, -0.2) is 9.59 Å². The van der Waals surface area contributed by atoms with Gasteiger partial charge >= 0.3 is 17.8 Å². The van der Waals surface area contributed by atoms with Gasteiger partial charge in [-0.1, -0.05) is 30.3 Å².